The summed E-state index contributed by atoms with van der Waals surface area (Å²) >= 11 is 6.25. The van der Waals surface area contributed by atoms with Crippen LogP contribution in [0.25, 0.3) is 11.0 Å². The zero-order chi connectivity index (χ0) is 14.8. The van der Waals surface area contributed by atoms with E-state index in [0.717, 1.165) is 34.8 Å². The van der Waals surface area contributed by atoms with Crippen LogP contribution < -0.4 is 5.32 Å². The Hall–Kier alpha value is -2.00. The Morgan fingerprint density at radius 3 is 2.71 bits per heavy atom. The number of imidazole rings is 1. The number of fused-ring (bicyclic) bond motifs is 1. The van der Waals surface area contributed by atoms with Gasteiger partial charge in [0.15, 0.2) is 0 Å². The van der Waals surface area contributed by atoms with Gasteiger partial charge in [-0.3, -0.25) is 0 Å². The number of aromatic nitrogens is 2. The van der Waals surface area contributed by atoms with Gasteiger partial charge in [-0.1, -0.05) is 35.9 Å². The van der Waals surface area contributed by atoms with E-state index in [0.29, 0.717) is 0 Å². The number of para-hydroxylation sites is 2. The van der Waals surface area contributed by atoms with Gasteiger partial charge in [0, 0.05) is 25.7 Å². The number of halogens is 1. The smallest absolute Gasteiger partial charge is 0.111 e. The number of hydrogen-bond donors (Lipinski definition) is 1. The first kappa shape index (κ1) is 14.0. The van der Waals surface area contributed by atoms with Crippen molar-refractivity contribution in [3.8, 4) is 0 Å². The minimum absolute atomic E-state index is 0.751. The van der Waals surface area contributed by atoms with Gasteiger partial charge in [0.2, 0.25) is 0 Å². The molecule has 0 unspecified atom stereocenters. The maximum atomic E-state index is 6.25. The lowest BCUT2D eigenvalue weighted by Crippen LogP contribution is -2.09. The van der Waals surface area contributed by atoms with E-state index in [-0.39, 0.29) is 0 Å². The number of rotatable bonds is 4. The molecule has 0 amide bonds. The van der Waals surface area contributed by atoms with E-state index in [9.17, 15) is 0 Å². The van der Waals surface area contributed by atoms with E-state index < -0.39 is 0 Å². The fourth-order valence-electron chi connectivity index (χ4n) is 2.57. The average Bonchev–Trinajstić information content (AvgIpc) is 2.79. The van der Waals surface area contributed by atoms with Crippen LogP contribution in [-0.2, 0) is 13.5 Å². The highest BCUT2D eigenvalue weighted by molar-refractivity contribution is 6.35. The van der Waals surface area contributed by atoms with Gasteiger partial charge < -0.3 is 9.88 Å². The van der Waals surface area contributed by atoms with Gasteiger partial charge in [0.1, 0.15) is 5.82 Å². The molecule has 3 nitrogen and oxygen atoms in total. The lowest BCUT2D eigenvalue weighted by molar-refractivity contribution is 0.807. The maximum absolute atomic E-state index is 6.25. The van der Waals surface area contributed by atoms with E-state index in [1.54, 1.807) is 0 Å². The van der Waals surface area contributed by atoms with Gasteiger partial charge in [-0.05, 0) is 30.7 Å². The molecule has 0 aliphatic rings. The zero-order valence-electron chi connectivity index (χ0n) is 12.2. The van der Waals surface area contributed by atoms with E-state index in [4.69, 9.17) is 11.6 Å². The Balaban J connectivity index is 1.76. The summed E-state index contributed by atoms with van der Waals surface area (Å²) in [6.45, 7) is 2.96. The van der Waals surface area contributed by atoms with Gasteiger partial charge in [0.25, 0.3) is 0 Å². The summed E-state index contributed by atoms with van der Waals surface area (Å²) in [5.41, 5.74) is 4.39. The van der Waals surface area contributed by atoms with Crippen molar-refractivity contribution >= 4 is 28.3 Å². The maximum Gasteiger partial charge on any atom is 0.111 e. The summed E-state index contributed by atoms with van der Waals surface area (Å²) in [5, 5.41) is 4.21. The molecular weight excluding hydrogens is 282 g/mol. The molecule has 0 fully saturated rings. The van der Waals surface area contributed by atoms with Gasteiger partial charge in [-0.25, -0.2) is 4.98 Å². The SMILES string of the molecule is Cc1ccccc1NCCc1nc2cccc(Cl)c2n1C. The Labute approximate surface area is 129 Å². The summed E-state index contributed by atoms with van der Waals surface area (Å²) in [4.78, 5) is 4.67. The Bertz CT molecular complexity index is 777. The molecule has 21 heavy (non-hydrogen) atoms. The number of hydrogen-bond acceptors (Lipinski definition) is 2. The van der Waals surface area contributed by atoms with Crippen LogP contribution in [0.4, 0.5) is 5.69 Å². The number of nitrogens with zero attached hydrogens (tertiary/aromatic N) is 2. The summed E-state index contributed by atoms with van der Waals surface area (Å²) < 4.78 is 2.08. The molecule has 108 valence electrons. The van der Waals surface area contributed by atoms with Crippen molar-refractivity contribution in [1.82, 2.24) is 9.55 Å². The van der Waals surface area contributed by atoms with Crippen LogP contribution in [0.5, 0.6) is 0 Å². The fraction of sp³-hybridized carbons (Fsp3) is 0.235. The van der Waals surface area contributed by atoms with Crippen molar-refractivity contribution < 1.29 is 0 Å². The van der Waals surface area contributed by atoms with Crippen molar-refractivity contribution in [2.45, 2.75) is 13.3 Å². The molecule has 0 spiro atoms. The molecular formula is C17H18ClN3. The van der Waals surface area contributed by atoms with E-state index in [2.05, 4.69) is 33.9 Å². The normalized spacial score (nSPS) is 11.0. The Kier molecular flexibility index (Phi) is 3.84. The van der Waals surface area contributed by atoms with Crippen LogP contribution in [0, 0.1) is 6.92 Å². The van der Waals surface area contributed by atoms with Crippen LogP contribution >= 0.6 is 11.6 Å². The second-order valence-corrected chi connectivity index (χ2v) is 5.59. The molecule has 3 rings (SSSR count). The second kappa shape index (κ2) is 5.78. The molecule has 2 aromatic carbocycles. The van der Waals surface area contributed by atoms with Crippen molar-refractivity contribution in [3.63, 3.8) is 0 Å². The Morgan fingerprint density at radius 1 is 1.14 bits per heavy atom. The summed E-state index contributed by atoms with van der Waals surface area (Å²) in [7, 11) is 2.02. The lowest BCUT2D eigenvalue weighted by Gasteiger charge is -2.09. The minimum Gasteiger partial charge on any atom is -0.384 e. The molecule has 0 aliphatic heterocycles. The van der Waals surface area contributed by atoms with Gasteiger partial charge >= 0.3 is 0 Å². The highest BCUT2D eigenvalue weighted by atomic mass is 35.5. The van der Waals surface area contributed by atoms with Crippen LogP contribution in [0.2, 0.25) is 5.02 Å². The highest BCUT2D eigenvalue weighted by Crippen LogP contribution is 2.23. The van der Waals surface area contributed by atoms with Gasteiger partial charge in [-0.15, -0.1) is 0 Å². The van der Waals surface area contributed by atoms with Crippen molar-refractivity contribution in [1.29, 1.82) is 0 Å². The van der Waals surface area contributed by atoms with Crippen LogP contribution in [-0.4, -0.2) is 16.1 Å². The molecule has 1 N–H and O–H groups in total. The van der Waals surface area contributed by atoms with Crippen molar-refractivity contribution in [3.05, 3.63) is 58.9 Å². The van der Waals surface area contributed by atoms with E-state index >= 15 is 0 Å². The summed E-state index contributed by atoms with van der Waals surface area (Å²) in [6.07, 6.45) is 0.857. The van der Waals surface area contributed by atoms with Crippen molar-refractivity contribution in [2.75, 3.05) is 11.9 Å². The number of aryl methyl sites for hydroxylation is 2. The van der Waals surface area contributed by atoms with Crippen LogP contribution in [0.1, 0.15) is 11.4 Å². The lowest BCUT2D eigenvalue weighted by atomic mass is 10.2. The van der Waals surface area contributed by atoms with Gasteiger partial charge in [0.05, 0.1) is 16.1 Å². The number of benzene rings is 2. The predicted molar refractivity (Wildman–Crippen MR) is 89.1 cm³/mol. The number of nitrogens with one attached hydrogen (secondary N) is 1. The molecule has 0 aliphatic carbocycles. The largest absolute Gasteiger partial charge is 0.384 e. The Morgan fingerprint density at radius 2 is 1.95 bits per heavy atom. The first-order valence-electron chi connectivity index (χ1n) is 7.06. The predicted octanol–water partition coefficient (Wildman–Crippen LogP) is 4.19. The summed E-state index contributed by atoms with van der Waals surface area (Å²) in [6, 6.07) is 14.1. The number of anilines is 1. The van der Waals surface area contributed by atoms with Gasteiger partial charge in [-0.2, -0.15) is 0 Å². The average molecular weight is 300 g/mol. The first-order valence-corrected chi connectivity index (χ1v) is 7.44. The molecule has 4 heteroatoms. The molecule has 1 aromatic heterocycles. The molecule has 0 bridgehead atoms. The third-order valence-electron chi connectivity index (χ3n) is 3.75. The zero-order valence-corrected chi connectivity index (χ0v) is 13.0. The first-order chi connectivity index (χ1) is 10.2. The van der Waals surface area contributed by atoms with Crippen molar-refractivity contribution in [2.24, 2.45) is 7.05 Å². The molecule has 0 saturated carbocycles. The quantitative estimate of drug-likeness (QED) is 0.783. The molecule has 1 heterocycles. The summed E-state index contributed by atoms with van der Waals surface area (Å²) in [5.74, 6) is 1.04. The topological polar surface area (TPSA) is 29.9 Å². The molecule has 0 atom stereocenters. The molecule has 0 saturated heterocycles. The van der Waals surface area contributed by atoms with Crippen LogP contribution in [0.15, 0.2) is 42.5 Å². The van der Waals surface area contributed by atoms with E-state index in [1.807, 2.05) is 37.4 Å². The molecule has 0 radical (unpaired) electrons. The second-order valence-electron chi connectivity index (χ2n) is 5.19. The fourth-order valence-corrected chi connectivity index (χ4v) is 2.87. The van der Waals surface area contributed by atoms with Crippen LogP contribution in [0.3, 0.4) is 0 Å². The third kappa shape index (κ3) is 2.74. The molecule has 3 aromatic rings. The monoisotopic (exact) mass is 299 g/mol. The standard InChI is InChI=1S/C17H18ClN3/c1-12-6-3-4-8-14(12)19-11-10-16-20-15-9-5-7-13(18)17(15)21(16)2/h3-9,19H,10-11H2,1-2H3. The third-order valence-corrected chi connectivity index (χ3v) is 4.05. The minimum atomic E-state index is 0.751. The highest BCUT2D eigenvalue weighted by Gasteiger charge is 2.10. The van der Waals surface area contributed by atoms with E-state index in [1.165, 1.54) is 11.3 Å².